The summed E-state index contributed by atoms with van der Waals surface area (Å²) in [6, 6.07) is 30.9. The zero-order valence-electron chi connectivity index (χ0n) is 27.9. The van der Waals surface area contributed by atoms with Gasteiger partial charge in [-0.3, -0.25) is 9.59 Å². The highest BCUT2D eigenvalue weighted by Crippen LogP contribution is 2.55. The van der Waals surface area contributed by atoms with Gasteiger partial charge in [-0.2, -0.15) is 8.75 Å². The fourth-order valence-electron chi connectivity index (χ4n) is 9.18. The van der Waals surface area contributed by atoms with Crippen molar-refractivity contribution in [3.63, 3.8) is 0 Å². The number of hydrogen-bond donors (Lipinski definition) is 1. The van der Waals surface area contributed by atoms with Gasteiger partial charge in [0.15, 0.2) is 11.6 Å². The van der Waals surface area contributed by atoms with Crippen LogP contribution in [0.1, 0.15) is 92.4 Å². The normalized spacial score (nSPS) is 20.1. The molecule has 1 saturated carbocycles. The summed E-state index contributed by atoms with van der Waals surface area (Å²) in [7, 11) is 0. The summed E-state index contributed by atoms with van der Waals surface area (Å²) >= 11 is 1.10. The molecule has 6 aromatic rings. The topological polar surface area (TPSA) is 100 Å². The van der Waals surface area contributed by atoms with Gasteiger partial charge in [-0.05, 0) is 94.8 Å². The number of carboxylic acid groups (broad SMARTS) is 1. The van der Waals surface area contributed by atoms with Crippen molar-refractivity contribution in [2.75, 3.05) is 4.90 Å². The second-order valence-electron chi connectivity index (χ2n) is 14.6. The number of rotatable bonds is 4. The van der Waals surface area contributed by atoms with E-state index < -0.39 is 17.5 Å². The number of aromatic nitrogens is 2. The van der Waals surface area contributed by atoms with Gasteiger partial charge in [0.25, 0.3) is 0 Å². The maximum Gasteiger partial charge on any atom is 0.335 e. The first-order chi connectivity index (χ1) is 24.7. The minimum absolute atomic E-state index is 0.00157. The summed E-state index contributed by atoms with van der Waals surface area (Å²) in [4.78, 5) is 40.6. The molecule has 2 atom stereocenters. The van der Waals surface area contributed by atoms with Gasteiger partial charge in [-0.1, -0.05) is 68.8 Å². The second-order valence-corrected chi connectivity index (χ2v) is 15.1. The number of carboxylic acids is 1. The molecule has 2 heterocycles. The molecule has 3 aliphatic carbocycles. The quantitative estimate of drug-likeness (QED) is 0.146. The first-order valence-corrected chi connectivity index (χ1v) is 18.1. The van der Waals surface area contributed by atoms with Crippen LogP contribution in [0.4, 0.5) is 11.4 Å². The van der Waals surface area contributed by atoms with E-state index in [0.29, 0.717) is 23.0 Å². The lowest BCUT2D eigenvalue weighted by atomic mass is 9.82. The number of Topliss-reactive ketones (excluding diaryl/α,β-unsaturated/α-hetero) is 2. The minimum atomic E-state index is -1.15. The molecule has 0 radical (unpaired) electrons. The fourth-order valence-corrected chi connectivity index (χ4v) is 9.76. The van der Waals surface area contributed by atoms with Crippen LogP contribution in [0.15, 0.2) is 96.6 Å². The molecule has 8 heteroatoms. The largest absolute Gasteiger partial charge is 0.478 e. The molecule has 2 unspecified atom stereocenters. The molecule has 4 aliphatic rings. The average molecular weight is 686 g/mol. The molecule has 51 heavy (non-hydrogen) atoms. The molecule has 10 rings (SSSR count). The number of fused-ring (bicyclic) bond motifs is 8. The molecule has 0 amide bonds. The summed E-state index contributed by atoms with van der Waals surface area (Å²) in [5, 5.41) is 9.39. The van der Waals surface area contributed by atoms with Crippen molar-refractivity contribution in [3.8, 4) is 22.3 Å². The zero-order chi connectivity index (χ0) is 34.8. The van der Waals surface area contributed by atoms with Gasteiger partial charge in [0, 0.05) is 51.0 Å². The van der Waals surface area contributed by atoms with Gasteiger partial charge >= 0.3 is 5.97 Å². The van der Waals surface area contributed by atoms with Crippen molar-refractivity contribution in [2.24, 2.45) is 0 Å². The Morgan fingerprint density at radius 1 is 0.804 bits per heavy atom. The molecule has 1 aliphatic heterocycles. The Labute approximate surface area is 298 Å². The Morgan fingerprint density at radius 2 is 1.57 bits per heavy atom. The number of benzene rings is 5. The lowest BCUT2D eigenvalue weighted by Crippen LogP contribution is -2.27. The van der Waals surface area contributed by atoms with Crippen LogP contribution in [0.2, 0.25) is 0 Å². The van der Waals surface area contributed by atoms with Crippen LogP contribution in [0.3, 0.4) is 0 Å². The van der Waals surface area contributed by atoms with E-state index in [1.54, 1.807) is 6.08 Å². The highest BCUT2D eigenvalue weighted by atomic mass is 32.1. The van der Waals surface area contributed by atoms with Crippen LogP contribution in [0.25, 0.3) is 39.4 Å². The Kier molecular flexibility index (Phi) is 6.28. The number of allylic oxidation sites excluding steroid dienone is 1. The van der Waals surface area contributed by atoms with Crippen LogP contribution < -0.4 is 4.90 Å². The number of carbonyl (C=O) groups excluding carboxylic acids is 2. The molecule has 0 bridgehead atoms. The predicted molar refractivity (Wildman–Crippen MR) is 199 cm³/mol. The average Bonchev–Trinajstić information content (AvgIpc) is 3.95. The van der Waals surface area contributed by atoms with E-state index in [-0.39, 0.29) is 27.7 Å². The maximum absolute atomic E-state index is 13.3. The van der Waals surface area contributed by atoms with Crippen LogP contribution in [-0.2, 0) is 5.41 Å². The summed E-state index contributed by atoms with van der Waals surface area (Å²) in [6.45, 7) is 4.66. The first-order valence-electron chi connectivity index (χ1n) is 17.3. The number of aromatic carboxylic acids is 1. The predicted octanol–water partition coefficient (Wildman–Crippen LogP) is 9.61. The van der Waals surface area contributed by atoms with Crippen LogP contribution in [0, 0.1) is 0 Å². The highest BCUT2D eigenvalue weighted by molar-refractivity contribution is 7.00. The third-order valence-corrected chi connectivity index (χ3v) is 12.2. The molecule has 7 nitrogen and oxygen atoms in total. The van der Waals surface area contributed by atoms with Gasteiger partial charge in [-0.15, -0.1) is 0 Å². The number of anilines is 2. The minimum Gasteiger partial charge on any atom is -0.478 e. The van der Waals surface area contributed by atoms with Gasteiger partial charge in [0.1, 0.15) is 11.0 Å². The number of nitrogens with zero attached hydrogens (tertiary/aromatic N) is 3. The Bertz CT molecular complexity index is 2600. The number of hydrogen-bond acceptors (Lipinski definition) is 7. The van der Waals surface area contributed by atoms with E-state index in [1.807, 2.05) is 12.1 Å². The van der Waals surface area contributed by atoms with E-state index in [9.17, 15) is 19.5 Å². The molecular formula is C43H31N3O4S. The monoisotopic (exact) mass is 685 g/mol. The van der Waals surface area contributed by atoms with Crippen molar-refractivity contribution in [1.29, 1.82) is 0 Å². The molecule has 1 aromatic heterocycles. The summed E-state index contributed by atoms with van der Waals surface area (Å²) in [6.07, 6.45) is 5.06. The lowest BCUT2D eigenvalue weighted by molar-refractivity contribution is 0.0696. The third kappa shape index (κ3) is 4.20. The Balaban J connectivity index is 1.02. The van der Waals surface area contributed by atoms with Crippen molar-refractivity contribution >= 4 is 57.7 Å². The Morgan fingerprint density at radius 3 is 2.43 bits per heavy atom. The molecule has 1 fully saturated rings. The van der Waals surface area contributed by atoms with Gasteiger partial charge < -0.3 is 10.0 Å². The van der Waals surface area contributed by atoms with E-state index in [0.717, 1.165) is 41.2 Å². The molecule has 5 aromatic carbocycles. The highest BCUT2D eigenvalue weighted by Gasteiger charge is 2.43. The zero-order valence-corrected chi connectivity index (χ0v) is 28.8. The SMILES string of the molecule is CC1(C)c2ccccc2-c2ccc(N3c4ccc(-c5ccc(/C=C6/C(=O)c7ccc(C(=O)O)cc7C6=O)c6nsnc56)cc4C4CCCC43)cc21. The van der Waals surface area contributed by atoms with Crippen LogP contribution in [-0.4, -0.2) is 37.4 Å². The summed E-state index contributed by atoms with van der Waals surface area (Å²) < 4.78 is 9.27. The third-order valence-electron chi connectivity index (χ3n) is 11.6. The number of carbonyl (C=O) groups is 3. The second kappa shape index (κ2) is 10.6. The molecule has 1 N–H and O–H groups in total. The van der Waals surface area contributed by atoms with Crippen molar-refractivity contribution in [3.05, 3.63) is 136 Å². The van der Waals surface area contributed by atoms with Crippen molar-refractivity contribution in [2.45, 2.75) is 50.5 Å². The van der Waals surface area contributed by atoms with E-state index in [2.05, 4.69) is 88.2 Å². The first kappa shape index (κ1) is 30.1. The Hall–Kier alpha value is -5.73. The van der Waals surface area contributed by atoms with Crippen molar-refractivity contribution in [1.82, 2.24) is 8.75 Å². The number of ketones is 2. The van der Waals surface area contributed by atoms with Crippen LogP contribution >= 0.6 is 11.7 Å². The van der Waals surface area contributed by atoms with Gasteiger partial charge in [0.2, 0.25) is 0 Å². The molecule has 248 valence electrons. The lowest BCUT2D eigenvalue weighted by Gasteiger charge is -2.29. The van der Waals surface area contributed by atoms with E-state index in [1.165, 1.54) is 63.8 Å². The standard InChI is InChI=1S/C43H31N3O4S/c1-43(2)34-8-4-3-6-27(34)28-16-13-25(21-35(28)43)46-36-9-5-7-29(36)31-18-22(12-17-37(31)46)26-14-10-23(38-39(26)45-51-44-38)19-33-40(47)30-15-11-24(42(49)50)20-32(30)41(33)48/h3-4,6,8,10-21,29,36H,5,7,9H2,1-2H3,(H,49,50)/b33-19-. The summed E-state index contributed by atoms with van der Waals surface area (Å²) in [5.74, 6) is -1.61. The van der Waals surface area contributed by atoms with E-state index >= 15 is 0 Å². The van der Waals surface area contributed by atoms with E-state index in [4.69, 9.17) is 0 Å². The molecule has 0 spiro atoms. The van der Waals surface area contributed by atoms with Crippen LogP contribution in [0.5, 0.6) is 0 Å². The van der Waals surface area contributed by atoms with Gasteiger partial charge in [-0.25, -0.2) is 4.79 Å². The maximum atomic E-state index is 13.3. The fraction of sp³-hybridized carbons (Fsp3) is 0.186. The molecular weight excluding hydrogens is 655 g/mol. The smallest absolute Gasteiger partial charge is 0.335 e. The van der Waals surface area contributed by atoms with Crippen molar-refractivity contribution < 1.29 is 19.5 Å². The molecule has 0 saturated heterocycles. The van der Waals surface area contributed by atoms with Gasteiger partial charge in [0.05, 0.1) is 22.9 Å². The summed E-state index contributed by atoms with van der Waals surface area (Å²) in [5.41, 5.74) is 13.5.